The lowest BCUT2D eigenvalue weighted by Crippen LogP contribution is -2.14. The molecule has 1 amide bonds. The molecule has 0 aliphatic rings. The number of aliphatic hydroxyl groups excluding tert-OH is 1. The molecule has 0 saturated carbocycles. The highest BCUT2D eigenvalue weighted by molar-refractivity contribution is 6.03. The summed E-state index contributed by atoms with van der Waals surface area (Å²) in [5.41, 5.74) is 1.42. The number of rotatable bonds is 3. The summed E-state index contributed by atoms with van der Waals surface area (Å²) in [6.07, 6.45) is 0.684. The van der Waals surface area contributed by atoms with Crippen LogP contribution in [0.25, 0.3) is 0 Å². The van der Waals surface area contributed by atoms with Gasteiger partial charge in [0.1, 0.15) is 0 Å². The Kier molecular flexibility index (Phi) is 3.15. The number of carbonyl (C=O) groups excluding carboxylic acids is 1. The fourth-order valence-electron chi connectivity index (χ4n) is 1.47. The number of anilines is 1. The smallest absolute Gasteiger partial charge is 0.277 e. The highest BCUT2D eigenvalue weighted by Crippen LogP contribution is 2.22. The Labute approximate surface area is 97.7 Å². The molecule has 0 aliphatic carbocycles. The van der Waals surface area contributed by atoms with Crippen LogP contribution >= 0.6 is 0 Å². The molecule has 1 unspecified atom stereocenters. The summed E-state index contributed by atoms with van der Waals surface area (Å²) in [5.74, 6) is -0.369. The first kappa shape index (κ1) is 11.3. The van der Waals surface area contributed by atoms with Crippen molar-refractivity contribution < 1.29 is 9.90 Å². The van der Waals surface area contributed by atoms with Gasteiger partial charge < -0.3 is 10.4 Å². The van der Waals surface area contributed by atoms with E-state index in [1.807, 2.05) is 0 Å². The van der Waals surface area contributed by atoms with Crippen molar-refractivity contribution in [2.24, 2.45) is 0 Å². The van der Waals surface area contributed by atoms with Crippen LogP contribution in [0, 0.1) is 0 Å². The maximum absolute atomic E-state index is 11.7. The second-order valence-electron chi connectivity index (χ2n) is 3.57. The van der Waals surface area contributed by atoms with E-state index in [0.29, 0.717) is 11.3 Å². The molecular formula is C11H12N4O2. The number of hydrogen-bond donors (Lipinski definition) is 3. The van der Waals surface area contributed by atoms with E-state index >= 15 is 0 Å². The largest absolute Gasteiger partial charge is 0.389 e. The number of nitrogens with one attached hydrogen (secondary N) is 2. The second kappa shape index (κ2) is 4.75. The first-order valence-corrected chi connectivity index (χ1v) is 5.12. The molecule has 17 heavy (non-hydrogen) atoms. The third-order valence-corrected chi connectivity index (χ3v) is 2.31. The Hall–Kier alpha value is -2.21. The molecule has 1 heterocycles. The molecule has 0 saturated heterocycles. The Morgan fingerprint density at radius 3 is 2.88 bits per heavy atom. The molecule has 0 radical (unpaired) electrons. The minimum absolute atomic E-state index is 0.199. The molecular weight excluding hydrogens is 220 g/mol. The molecule has 2 aromatic rings. The van der Waals surface area contributed by atoms with Crippen molar-refractivity contribution in [2.45, 2.75) is 13.0 Å². The van der Waals surface area contributed by atoms with E-state index in [1.54, 1.807) is 31.2 Å². The third kappa shape index (κ3) is 2.48. The van der Waals surface area contributed by atoms with Crippen LogP contribution in [0.1, 0.15) is 29.1 Å². The third-order valence-electron chi connectivity index (χ3n) is 2.31. The quantitative estimate of drug-likeness (QED) is 0.739. The molecule has 0 spiro atoms. The topological polar surface area (TPSA) is 90.9 Å². The molecule has 1 atom stereocenters. The van der Waals surface area contributed by atoms with E-state index in [9.17, 15) is 9.90 Å². The van der Waals surface area contributed by atoms with Gasteiger partial charge >= 0.3 is 0 Å². The van der Waals surface area contributed by atoms with E-state index in [-0.39, 0.29) is 11.6 Å². The van der Waals surface area contributed by atoms with Crippen LogP contribution in [0.5, 0.6) is 0 Å². The first-order valence-electron chi connectivity index (χ1n) is 5.12. The molecule has 0 bridgehead atoms. The van der Waals surface area contributed by atoms with Gasteiger partial charge in [-0.25, -0.2) is 0 Å². The maximum Gasteiger partial charge on any atom is 0.277 e. The number of para-hydroxylation sites is 1. The highest BCUT2D eigenvalue weighted by Gasteiger charge is 2.12. The van der Waals surface area contributed by atoms with E-state index < -0.39 is 6.10 Å². The number of nitrogens with zero attached hydrogens (tertiary/aromatic N) is 2. The van der Waals surface area contributed by atoms with Crippen molar-refractivity contribution in [3.05, 3.63) is 41.7 Å². The molecule has 3 N–H and O–H groups in total. The number of carbonyl (C=O) groups is 1. The number of benzene rings is 1. The number of H-pyrrole nitrogens is 1. The van der Waals surface area contributed by atoms with E-state index in [2.05, 4.69) is 20.7 Å². The fraction of sp³-hybridized carbons (Fsp3) is 0.182. The lowest BCUT2D eigenvalue weighted by Gasteiger charge is -2.11. The van der Waals surface area contributed by atoms with Gasteiger partial charge in [0.2, 0.25) is 0 Å². The van der Waals surface area contributed by atoms with Crippen molar-refractivity contribution in [3.63, 3.8) is 0 Å². The lowest BCUT2D eigenvalue weighted by atomic mass is 10.1. The van der Waals surface area contributed by atoms with Crippen LogP contribution in [0.15, 0.2) is 30.5 Å². The molecule has 6 heteroatoms. The van der Waals surface area contributed by atoms with Crippen LogP contribution in [0.4, 0.5) is 5.69 Å². The van der Waals surface area contributed by atoms with Gasteiger partial charge in [-0.05, 0) is 13.0 Å². The van der Waals surface area contributed by atoms with Gasteiger partial charge in [0, 0.05) is 11.3 Å². The summed E-state index contributed by atoms with van der Waals surface area (Å²) in [4.78, 5) is 11.7. The minimum atomic E-state index is -0.649. The Morgan fingerprint density at radius 2 is 2.24 bits per heavy atom. The Morgan fingerprint density at radius 1 is 1.47 bits per heavy atom. The number of aromatic amines is 1. The molecule has 1 aromatic carbocycles. The maximum atomic E-state index is 11.7. The summed E-state index contributed by atoms with van der Waals surface area (Å²) in [5, 5.41) is 21.8. The van der Waals surface area contributed by atoms with Crippen LogP contribution in [0.2, 0.25) is 0 Å². The average molecular weight is 232 g/mol. The highest BCUT2D eigenvalue weighted by atomic mass is 16.3. The number of hydrogen-bond acceptors (Lipinski definition) is 4. The van der Waals surface area contributed by atoms with Crippen LogP contribution in [0.3, 0.4) is 0 Å². The van der Waals surface area contributed by atoms with Gasteiger partial charge in [0.15, 0.2) is 5.69 Å². The summed E-state index contributed by atoms with van der Waals surface area (Å²) in [6.45, 7) is 1.64. The second-order valence-corrected chi connectivity index (χ2v) is 3.57. The number of aromatic nitrogens is 3. The van der Waals surface area contributed by atoms with Crippen LogP contribution < -0.4 is 5.32 Å². The summed E-state index contributed by atoms with van der Waals surface area (Å²) < 4.78 is 0. The Bertz CT molecular complexity index is 508. The van der Waals surface area contributed by atoms with Crippen molar-refractivity contribution in [1.82, 2.24) is 15.4 Å². The predicted octanol–water partition coefficient (Wildman–Crippen LogP) is 1.11. The van der Waals surface area contributed by atoms with E-state index in [4.69, 9.17) is 0 Å². The summed E-state index contributed by atoms with van der Waals surface area (Å²) in [6, 6.07) is 7.06. The fourth-order valence-corrected chi connectivity index (χ4v) is 1.47. The molecule has 6 nitrogen and oxygen atoms in total. The monoisotopic (exact) mass is 232 g/mol. The van der Waals surface area contributed by atoms with E-state index in [0.717, 1.165) is 0 Å². The number of aliphatic hydroxyl groups is 1. The van der Waals surface area contributed by atoms with E-state index in [1.165, 1.54) is 6.20 Å². The standard InChI is InChI=1S/C11H12N4O2/c1-7(16)8-4-2-3-5-9(8)13-11(17)10-6-12-15-14-10/h2-7,16H,1H3,(H,13,17)(H,12,14,15). The van der Waals surface area contributed by atoms with Gasteiger partial charge in [-0.3, -0.25) is 4.79 Å². The summed E-state index contributed by atoms with van der Waals surface area (Å²) >= 11 is 0. The zero-order valence-corrected chi connectivity index (χ0v) is 9.21. The van der Waals surface area contributed by atoms with Crippen molar-refractivity contribution >= 4 is 11.6 Å². The number of amides is 1. The SMILES string of the molecule is CC(O)c1ccccc1NC(=O)c1cn[nH]n1. The van der Waals surface area contributed by atoms with Gasteiger partial charge in [-0.15, -0.1) is 0 Å². The zero-order valence-electron chi connectivity index (χ0n) is 9.21. The normalized spacial score (nSPS) is 12.1. The summed E-state index contributed by atoms with van der Waals surface area (Å²) in [7, 11) is 0. The van der Waals surface area contributed by atoms with Crippen LogP contribution in [-0.4, -0.2) is 26.4 Å². The molecule has 1 aromatic heterocycles. The minimum Gasteiger partial charge on any atom is -0.389 e. The molecule has 0 fully saturated rings. The van der Waals surface area contributed by atoms with Gasteiger partial charge in [-0.2, -0.15) is 15.4 Å². The zero-order chi connectivity index (χ0) is 12.3. The first-order chi connectivity index (χ1) is 8.18. The van der Waals surface area contributed by atoms with Gasteiger partial charge in [0.25, 0.3) is 5.91 Å². The van der Waals surface area contributed by atoms with Crippen molar-refractivity contribution in [1.29, 1.82) is 0 Å². The molecule has 0 aliphatic heterocycles. The molecule has 2 rings (SSSR count). The van der Waals surface area contributed by atoms with Crippen molar-refractivity contribution in [2.75, 3.05) is 5.32 Å². The van der Waals surface area contributed by atoms with Crippen molar-refractivity contribution in [3.8, 4) is 0 Å². The molecule has 88 valence electrons. The predicted molar refractivity (Wildman–Crippen MR) is 61.4 cm³/mol. The van der Waals surface area contributed by atoms with Gasteiger partial charge in [0.05, 0.1) is 12.3 Å². The lowest BCUT2D eigenvalue weighted by molar-refractivity contribution is 0.102. The average Bonchev–Trinajstić information content (AvgIpc) is 2.83. The van der Waals surface area contributed by atoms with Gasteiger partial charge in [-0.1, -0.05) is 18.2 Å². The van der Waals surface area contributed by atoms with Crippen LogP contribution in [-0.2, 0) is 0 Å². The Balaban J connectivity index is 2.22.